The van der Waals surface area contributed by atoms with Gasteiger partial charge in [-0.25, -0.2) is 9.78 Å². The van der Waals surface area contributed by atoms with Crippen LogP contribution in [0.25, 0.3) is 22.2 Å². The Balaban J connectivity index is 1.41. The number of H-pyrrole nitrogens is 1. The maximum atomic E-state index is 11.9. The summed E-state index contributed by atoms with van der Waals surface area (Å²) in [5.74, 6) is 2.79. The molecule has 1 saturated heterocycles. The molecule has 1 fully saturated rings. The Morgan fingerprint density at radius 1 is 1.08 bits per heavy atom. The molecule has 9 heteroatoms. The summed E-state index contributed by atoms with van der Waals surface area (Å²) >= 11 is 0. The third-order valence-electron chi connectivity index (χ3n) is 6.77. The minimum absolute atomic E-state index is 0.0323. The number of para-hydroxylation sites is 1. The number of nitrogens with two attached hydrogens (primary N) is 1. The molecular weight excluding hydrogens is 468 g/mol. The van der Waals surface area contributed by atoms with Crippen molar-refractivity contribution in [3.8, 4) is 22.6 Å². The summed E-state index contributed by atoms with van der Waals surface area (Å²) in [6, 6.07) is 19.5. The molecule has 9 nitrogen and oxygen atoms in total. The zero-order valence-corrected chi connectivity index (χ0v) is 21.3. The molecule has 1 aliphatic heterocycles. The van der Waals surface area contributed by atoms with Gasteiger partial charge < -0.3 is 25.4 Å². The second kappa shape index (κ2) is 9.65. The van der Waals surface area contributed by atoms with E-state index in [2.05, 4.69) is 15.1 Å². The topological polar surface area (TPSA) is 121 Å². The molecule has 1 aliphatic rings. The van der Waals surface area contributed by atoms with E-state index in [0.717, 1.165) is 46.7 Å². The number of rotatable bonds is 5. The molecule has 4 N–H and O–H groups in total. The number of anilines is 2. The third kappa shape index (κ3) is 5.02. The fraction of sp³-hybridized carbons (Fsp3) is 0.321. The molecule has 0 aliphatic carbocycles. The quantitative estimate of drug-likeness (QED) is 0.319. The summed E-state index contributed by atoms with van der Waals surface area (Å²) < 4.78 is 5.94. The fourth-order valence-electron chi connectivity index (χ4n) is 5.09. The highest BCUT2D eigenvalue weighted by atomic mass is 16.5. The highest BCUT2D eigenvalue weighted by Gasteiger charge is 2.35. The van der Waals surface area contributed by atoms with Gasteiger partial charge in [-0.1, -0.05) is 30.3 Å². The van der Waals surface area contributed by atoms with Crippen molar-refractivity contribution in [3.63, 3.8) is 0 Å². The number of aromatic amines is 1. The average Bonchev–Trinajstić information content (AvgIpc) is 3.25. The van der Waals surface area contributed by atoms with Gasteiger partial charge in [-0.05, 0) is 69.5 Å². The van der Waals surface area contributed by atoms with E-state index in [-0.39, 0.29) is 6.04 Å². The Labute approximate surface area is 215 Å². The van der Waals surface area contributed by atoms with Gasteiger partial charge in [-0.3, -0.25) is 5.10 Å². The van der Waals surface area contributed by atoms with Crippen molar-refractivity contribution in [2.75, 3.05) is 23.7 Å². The minimum atomic E-state index is -0.875. The number of nitrogens with one attached hydrogen (secondary N) is 1. The van der Waals surface area contributed by atoms with Gasteiger partial charge in [-0.15, -0.1) is 0 Å². The molecule has 0 saturated carbocycles. The molecular formula is C28H32N6O3. The summed E-state index contributed by atoms with van der Waals surface area (Å²) in [6.07, 6.45) is 0.583. The molecule has 0 radical (unpaired) electrons. The van der Waals surface area contributed by atoms with Crippen molar-refractivity contribution in [1.29, 1.82) is 0 Å². The Bertz CT molecular complexity index is 1390. The van der Waals surface area contributed by atoms with Gasteiger partial charge in [0.1, 0.15) is 23.1 Å². The summed E-state index contributed by atoms with van der Waals surface area (Å²) in [5, 5.41) is 17.8. The molecule has 4 aromatic rings. The van der Waals surface area contributed by atoms with Crippen LogP contribution < -0.4 is 15.4 Å². The minimum Gasteiger partial charge on any atom is -0.465 e. The Morgan fingerprint density at radius 2 is 1.73 bits per heavy atom. The predicted molar refractivity (Wildman–Crippen MR) is 145 cm³/mol. The smallest absolute Gasteiger partial charge is 0.407 e. The molecule has 2 aromatic carbocycles. The van der Waals surface area contributed by atoms with Crippen LogP contribution in [0.2, 0.25) is 0 Å². The number of carboxylic acid groups (broad SMARTS) is 1. The van der Waals surface area contributed by atoms with Crippen molar-refractivity contribution >= 4 is 28.8 Å². The van der Waals surface area contributed by atoms with E-state index in [4.69, 9.17) is 15.5 Å². The van der Waals surface area contributed by atoms with Crippen molar-refractivity contribution in [2.24, 2.45) is 0 Å². The second-order valence-corrected chi connectivity index (χ2v) is 10.3. The van der Waals surface area contributed by atoms with Crippen LogP contribution in [0.5, 0.6) is 11.5 Å². The second-order valence-electron chi connectivity index (χ2n) is 10.3. The van der Waals surface area contributed by atoms with E-state index in [9.17, 15) is 9.90 Å². The molecule has 0 bridgehead atoms. The number of aromatic nitrogens is 3. The largest absolute Gasteiger partial charge is 0.465 e. The van der Waals surface area contributed by atoms with Gasteiger partial charge in [0, 0.05) is 30.2 Å². The lowest BCUT2D eigenvalue weighted by molar-refractivity contribution is 0.0616. The van der Waals surface area contributed by atoms with E-state index in [0.29, 0.717) is 24.6 Å². The summed E-state index contributed by atoms with van der Waals surface area (Å²) in [5.41, 5.74) is 8.25. The van der Waals surface area contributed by atoms with Crippen LogP contribution in [0.15, 0.2) is 60.7 Å². The first-order chi connectivity index (χ1) is 17.7. The normalized spacial score (nSPS) is 14.6. The highest BCUT2D eigenvalue weighted by Crippen LogP contribution is 2.36. The standard InChI is InChI=1S/C28H32N6O3/c1-28(2,3)34(27(35)36)19-13-15-33(16-14-19)23-17-22(24-25(29)31-32-26(24)30-23)18-9-11-21(12-10-18)37-20-7-5-4-6-8-20/h4-12,17,19H,13-16H2,1-3H3,(H,35,36)(H3,29,30,31,32). The number of amides is 1. The number of pyridine rings is 1. The number of carbonyl (C=O) groups is 1. The van der Waals surface area contributed by atoms with Crippen molar-refractivity contribution in [3.05, 3.63) is 60.7 Å². The number of fused-ring (bicyclic) bond motifs is 1. The lowest BCUT2D eigenvalue weighted by Gasteiger charge is -2.43. The van der Waals surface area contributed by atoms with Crippen LogP contribution in [0.3, 0.4) is 0 Å². The van der Waals surface area contributed by atoms with Crippen LogP contribution in [0.4, 0.5) is 16.4 Å². The van der Waals surface area contributed by atoms with Gasteiger partial charge in [0.2, 0.25) is 0 Å². The highest BCUT2D eigenvalue weighted by molar-refractivity contribution is 6.01. The zero-order chi connectivity index (χ0) is 26.2. The molecule has 3 heterocycles. The number of piperidine rings is 1. The van der Waals surface area contributed by atoms with Crippen LogP contribution >= 0.6 is 0 Å². The average molecular weight is 501 g/mol. The van der Waals surface area contributed by atoms with E-state index in [1.165, 1.54) is 0 Å². The number of hydrogen-bond donors (Lipinski definition) is 3. The van der Waals surface area contributed by atoms with Gasteiger partial charge in [0.25, 0.3) is 0 Å². The first-order valence-corrected chi connectivity index (χ1v) is 12.5. The van der Waals surface area contributed by atoms with Gasteiger partial charge >= 0.3 is 6.09 Å². The Morgan fingerprint density at radius 3 is 2.35 bits per heavy atom. The molecule has 0 spiro atoms. The van der Waals surface area contributed by atoms with E-state index in [1.807, 2.05) is 81.4 Å². The summed E-state index contributed by atoms with van der Waals surface area (Å²) in [7, 11) is 0. The molecule has 1 amide bonds. The molecule has 0 unspecified atom stereocenters. The van der Waals surface area contributed by atoms with E-state index < -0.39 is 11.6 Å². The maximum Gasteiger partial charge on any atom is 0.407 e. The zero-order valence-electron chi connectivity index (χ0n) is 21.3. The molecule has 37 heavy (non-hydrogen) atoms. The number of nitrogens with zero attached hydrogens (tertiary/aromatic N) is 4. The van der Waals surface area contributed by atoms with Crippen LogP contribution in [0, 0.1) is 0 Å². The number of hydrogen-bond acceptors (Lipinski definition) is 6. The third-order valence-corrected chi connectivity index (χ3v) is 6.77. The van der Waals surface area contributed by atoms with Gasteiger partial charge in [0.05, 0.1) is 5.39 Å². The predicted octanol–water partition coefficient (Wildman–Crippen LogP) is 5.75. The lowest BCUT2D eigenvalue weighted by Crippen LogP contribution is -2.54. The van der Waals surface area contributed by atoms with Crippen molar-refractivity contribution < 1.29 is 14.6 Å². The van der Waals surface area contributed by atoms with Crippen LogP contribution in [0.1, 0.15) is 33.6 Å². The fourth-order valence-corrected chi connectivity index (χ4v) is 5.09. The SMILES string of the molecule is CC(C)(C)N(C(=O)O)C1CCN(c2cc(-c3ccc(Oc4ccccc4)cc3)c3c(N)[nH]nc3n2)CC1. The number of benzene rings is 2. The Kier molecular flexibility index (Phi) is 6.37. The summed E-state index contributed by atoms with van der Waals surface area (Å²) in [4.78, 5) is 20.5. The summed E-state index contributed by atoms with van der Waals surface area (Å²) in [6.45, 7) is 7.21. The first-order valence-electron chi connectivity index (χ1n) is 12.5. The Hall–Kier alpha value is -4.27. The molecule has 5 rings (SSSR count). The number of ether oxygens (including phenoxy) is 1. The molecule has 0 atom stereocenters. The van der Waals surface area contributed by atoms with Crippen molar-refractivity contribution in [2.45, 2.75) is 45.2 Å². The van der Waals surface area contributed by atoms with Gasteiger partial charge in [-0.2, -0.15) is 5.10 Å². The van der Waals surface area contributed by atoms with Gasteiger partial charge in [0.15, 0.2) is 5.65 Å². The first kappa shape index (κ1) is 24.4. The van der Waals surface area contributed by atoms with Crippen LogP contribution in [-0.4, -0.2) is 56.0 Å². The lowest BCUT2D eigenvalue weighted by atomic mass is 9.96. The molecule has 192 valence electrons. The monoisotopic (exact) mass is 500 g/mol. The number of nitrogen functional groups attached to an aromatic ring is 1. The van der Waals surface area contributed by atoms with E-state index in [1.54, 1.807) is 4.90 Å². The van der Waals surface area contributed by atoms with Crippen LogP contribution in [-0.2, 0) is 0 Å². The van der Waals surface area contributed by atoms with E-state index >= 15 is 0 Å². The molecule has 2 aromatic heterocycles. The maximum absolute atomic E-state index is 11.9. The van der Waals surface area contributed by atoms with Crippen molar-refractivity contribution in [1.82, 2.24) is 20.1 Å².